The van der Waals surface area contributed by atoms with Crippen LogP contribution in [0.25, 0.3) is 0 Å². The Bertz CT molecular complexity index is 436. The summed E-state index contributed by atoms with van der Waals surface area (Å²) in [4.78, 5) is 22.3. The van der Waals surface area contributed by atoms with Crippen LogP contribution < -0.4 is 5.32 Å². The Hall–Kier alpha value is -1.60. The summed E-state index contributed by atoms with van der Waals surface area (Å²) in [7, 11) is 0. The molecule has 0 radical (unpaired) electrons. The van der Waals surface area contributed by atoms with Gasteiger partial charge in [-0.3, -0.25) is 14.9 Å². The molecule has 19 heavy (non-hydrogen) atoms. The van der Waals surface area contributed by atoms with Gasteiger partial charge in [0, 0.05) is 30.2 Å². The van der Waals surface area contributed by atoms with Gasteiger partial charge in [-0.15, -0.1) is 11.8 Å². The fourth-order valence-electron chi connectivity index (χ4n) is 1.22. The molecule has 0 heterocycles. The first kappa shape index (κ1) is 15.5. The summed E-state index contributed by atoms with van der Waals surface area (Å²) in [6.07, 6.45) is 0. The van der Waals surface area contributed by atoms with E-state index in [9.17, 15) is 14.9 Å². The molecule has 0 saturated carbocycles. The Morgan fingerprint density at radius 1 is 1.47 bits per heavy atom. The van der Waals surface area contributed by atoms with Gasteiger partial charge in [0.25, 0.3) is 5.69 Å². The normalized spacial score (nSPS) is 11.9. The van der Waals surface area contributed by atoms with Crippen LogP contribution in [0, 0.1) is 16.0 Å². The lowest BCUT2D eigenvalue weighted by molar-refractivity contribution is -0.384. The zero-order chi connectivity index (χ0) is 14.3. The standard InChI is InChI=1S/C12H16N2O4S/c1-9(7-15)6-13-12(16)8-19-11-4-2-10(3-5-11)14(17)18/h2-5,9,15H,6-8H2,1H3,(H,13,16). The summed E-state index contributed by atoms with van der Waals surface area (Å²) < 4.78 is 0. The molecule has 0 aromatic heterocycles. The Balaban J connectivity index is 2.35. The van der Waals surface area contributed by atoms with Gasteiger partial charge in [-0.25, -0.2) is 0 Å². The van der Waals surface area contributed by atoms with Crippen LogP contribution in [0.2, 0.25) is 0 Å². The van der Waals surface area contributed by atoms with E-state index in [2.05, 4.69) is 5.32 Å². The Morgan fingerprint density at radius 2 is 2.11 bits per heavy atom. The Labute approximate surface area is 115 Å². The first-order valence-corrected chi connectivity index (χ1v) is 6.76. The molecule has 0 saturated heterocycles. The van der Waals surface area contributed by atoms with Crippen LogP contribution in [-0.4, -0.2) is 34.8 Å². The maximum absolute atomic E-state index is 11.5. The zero-order valence-electron chi connectivity index (χ0n) is 10.5. The highest BCUT2D eigenvalue weighted by Crippen LogP contribution is 2.20. The van der Waals surface area contributed by atoms with E-state index in [0.717, 1.165) is 4.90 Å². The summed E-state index contributed by atoms with van der Waals surface area (Å²) >= 11 is 1.31. The molecule has 1 aromatic carbocycles. The lowest BCUT2D eigenvalue weighted by atomic mass is 10.2. The summed E-state index contributed by atoms with van der Waals surface area (Å²) in [6.45, 7) is 2.32. The third kappa shape index (κ3) is 5.71. The number of carbonyl (C=O) groups is 1. The van der Waals surface area contributed by atoms with E-state index in [1.54, 1.807) is 12.1 Å². The van der Waals surface area contributed by atoms with Gasteiger partial charge < -0.3 is 10.4 Å². The van der Waals surface area contributed by atoms with E-state index in [1.165, 1.54) is 23.9 Å². The molecule has 104 valence electrons. The van der Waals surface area contributed by atoms with Crippen LogP contribution in [0.5, 0.6) is 0 Å². The highest BCUT2D eigenvalue weighted by molar-refractivity contribution is 8.00. The molecule has 0 bridgehead atoms. The molecule has 6 nitrogen and oxygen atoms in total. The van der Waals surface area contributed by atoms with Crippen molar-refractivity contribution in [3.8, 4) is 0 Å². The second kappa shape index (κ2) is 7.75. The average molecular weight is 284 g/mol. The topological polar surface area (TPSA) is 92.5 Å². The monoisotopic (exact) mass is 284 g/mol. The Kier molecular flexibility index (Phi) is 6.31. The number of amides is 1. The molecule has 0 aliphatic rings. The lowest BCUT2D eigenvalue weighted by Crippen LogP contribution is -2.30. The number of nitrogens with zero attached hydrogens (tertiary/aromatic N) is 1. The van der Waals surface area contributed by atoms with Crippen LogP contribution in [0.1, 0.15) is 6.92 Å². The van der Waals surface area contributed by atoms with E-state index in [-0.39, 0.29) is 29.9 Å². The number of rotatable bonds is 7. The molecule has 7 heteroatoms. The molecule has 0 aliphatic carbocycles. The molecule has 0 fully saturated rings. The van der Waals surface area contributed by atoms with E-state index in [1.807, 2.05) is 6.92 Å². The van der Waals surface area contributed by atoms with E-state index in [4.69, 9.17) is 5.11 Å². The molecule has 0 aliphatic heterocycles. The molecule has 1 unspecified atom stereocenters. The third-order valence-corrected chi connectivity index (χ3v) is 3.39. The number of aliphatic hydroxyl groups is 1. The van der Waals surface area contributed by atoms with Crippen molar-refractivity contribution in [3.05, 3.63) is 34.4 Å². The second-order valence-corrected chi connectivity index (χ2v) is 5.18. The predicted octanol–water partition coefficient (Wildman–Crippen LogP) is 1.43. The minimum absolute atomic E-state index is 0.0329. The van der Waals surface area contributed by atoms with Crippen LogP contribution in [0.3, 0.4) is 0 Å². The minimum Gasteiger partial charge on any atom is -0.396 e. The number of hydrogen-bond acceptors (Lipinski definition) is 5. The minimum atomic E-state index is -0.461. The number of nitro groups is 1. The molecular weight excluding hydrogens is 268 g/mol. The van der Waals surface area contributed by atoms with Crippen molar-refractivity contribution in [1.82, 2.24) is 5.32 Å². The average Bonchev–Trinajstić information content (AvgIpc) is 2.42. The van der Waals surface area contributed by atoms with Crippen molar-refractivity contribution < 1.29 is 14.8 Å². The third-order valence-electron chi connectivity index (χ3n) is 2.38. The fraction of sp³-hybridized carbons (Fsp3) is 0.417. The lowest BCUT2D eigenvalue weighted by Gasteiger charge is -2.09. The molecule has 0 spiro atoms. The predicted molar refractivity (Wildman–Crippen MR) is 73.1 cm³/mol. The van der Waals surface area contributed by atoms with E-state index in [0.29, 0.717) is 6.54 Å². The summed E-state index contributed by atoms with van der Waals surface area (Å²) in [5.74, 6) is 0.160. The number of carbonyl (C=O) groups excluding carboxylic acids is 1. The number of thioether (sulfide) groups is 1. The van der Waals surface area contributed by atoms with Crippen LogP contribution in [0.15, 0.2) is 29.2 Å². The molecule has 1 rings (SSSR count). The Morgan fingerprint density at radius 3 is 2.63 bits per heavy atom. The smallest absolute Gasteiger partial charge is 0.269 e. The summed E-state index contributed by atoms with van der Waals surface area (Å²) in [6, 6.07) is 6.06. The fourth-order valence-corrected chi connectivity index (χ4v) is 1.94. The summed E-state index contributed by atoms with van der Waals surface area (Å²) in [5, 5.41) is 22.0. The van der Waals surface area contributed by atoms with Gasteiger partial charge in [-0.2, -0.15) is 0 Å². The number of aliphatic hydroxyl groups excluding tert-OH is 1. The van der Waals surface area contributed by atoms with Gasteiger partial charge in [-0.1, -0.05) is 6.92 Å². The zero-order valence-corrected chi connectivity index (χ0v) is 11.4. The molecule has 1 aromatic rings. The van der Waals surface area contributed by atoms with Crippen LogP contribution >= 0.6 is 11.8 Å². The van der Waals surface area contributed by atoms with Crippen molar-refractivity contribution >= 4 is 23.4 Å². The van der Waals surface area contributed by atoms with E-state index < -0.39 is 4.92 Å². The largest absolute Gasteiger partial charge is 0.396 e. The first-order valence-electron chi connectivity index (χ1n) is 5.77. The van der Waals surface area contributed by atoms with Gasteiger partial charge >= 0.3 is 0 Å². The summed E-state index contributed by atoms with van der Waals surface area (Å²) in [5.41, 5.74) is 0.0329. The van der Waals surface area contributed by atoms with Crippen molar-refractivity contribution in [2.24, 2.45) is 5.92 Å². The maximum atomic E-state index is 11.5. The molecule has 2 N–H and O–H groups in total. The number of non-ortho nitro benzene ring substituents is 1. The number of hydrogen-bond donors (Lipinski definition) is 2. The maximum Gasteiger partial charge on any atom is 0.269 e. The quantitative estimate of drug-likeness (QED) is 0.449. The van der Waals surface area contributed by atoms with Crippen LogP contribution in [0.4, 0.5) is 5.69 Å². The molecular formula is C12H16N2O4S. The van der Waals surface area contributed by atoms with Gasteiger partial charge in [-0.05, 0) is 18.1 Å². The van der Waals surface area contributed by atoms with Gasteiger partial charge in [0.05, 0.1) is 10.7 Å². The van der Waals surface area contributed by atoms with Crippen molar-refractivity contribution in [2.75, 3.05) is 18.9 Å². The van der Waals surface area contributed by atoms with Crippen molar-refractivity contribution in [1.29, 1.82) is 0 Å². The second-order valence-electron chi connectivity index (χ2n) is 4.13. The SMILES string of the molecule is CC(CO)CNC(=O)CSc1ccc([N+](=O)[O-])cc1. The number of nitrogens with one attached hydrogen (secondary N) is 1. The highest BCUT2D eigenvalue weighted by Gasteiger charge is 2.07. The molecule has 1 amide bonds. The van der Waals surface area contributed by atoms with Gasteiger partial charge in [0.1, 0.15) is 0 Å². The highest BCUT2D eigenvalue weighted by atomic mass is 32.2. The number of nitro benzene ring substituents is 1. The first-order chi connectivity index (χ1) is 9.02. The van der Waals surface area contributed by atoms with Crippen molar-refractivity contribution in [2.45, 2.75) is 11.8 Å². The van der Waals surface area contributed by atoms with Gasteiger partial charge in [0.2, 0.25) is 5.91 Å². The van der Waals surface area contributed by atoms with Gasteiger partial charge in [0.15, 0.2) is 0 Å². The molecule has 1 atom stereocenters. The van der Waals surface area contributed by atoms with Crippen LogP contribution in [-0.2, 0) is 4.79 Å². The van der Waals surface area contributed by atoms with Crippen molar-refractivity contribution in [3.63, 3.8) is 0 Å². The van der Waals surface area contributed by atoms with E-state index >= 15 is 0 Å². The number of benzene rings is 1.